The lowest BCUT2D eigenvalue weighted by Gasteiger charge is -2.18. The molecule has 2 N–H and O–H groups in total. The molecule has 0 spiro atoms. The van der Waals surface area contributed by atoms with E-state index >= 15 is 0 Å². The van der Waals surface area contributed by atoms with Crippen molar-refractivity contribution in [2.45, 2.75) is 49.7 Å². The second-order valence-corrected chi connectivity index (χ2v) is 9.27. The molecule has 2 rings (SSSR count). The summed E-state index contributed by atoms with van der Waals surface area (Å²) in [6.45, 7) is 10.0. The lowest BCUT2D eigenvalue weighted by atomic mass is 10.1. The summed E-state index contributed by atoms with van der Waals surface area (Å²) >= 11 is 2.83. The van der Waals surface area contributed by atoms with Gasteiger partial charge in [0.1, 0.15) is 5.75 Å². The van der Waals surface area contributed by atoms with Gasteiger partial charge in [-0.25, -0.2) is 0 Å². The van der Waals surface area contributed by atoms with Crippen LogP contribution in [0, 0.1) is 6.92 Å². The van der Waals surface area contributed by atoms with E-state index in [9.17, 15) is 4.79 Å². The van der Waals surface area contributed by atoms with Gasteiger partial charge in [-0.3, -0.25) is 4.79 Å². The number of methoxy groups -OCH3 is 1. The lowest BCUT2D eigenvalue weighted by Crippen LogP contribution is -2.25. The van der Waals surface area contributed by atoms with Crippen LogP contribution in [0.5, 0.6) is 5.75 Å². The number of aromatic nitrogens is 2. The standard InChI is InChI=1S/C17H24N4O2S2/c1-10-7-8-13(23-6)12(9-10)18-14(22)11(2)24-16-21-20-15(25-16)19-17(3,4)5/h7-9,11H,1-6H3,(H,18,22)(H,19,20). The van der Waals surface area contributed by atoms with Crippen molar-refractivity contribution >= 4 is 39.8 Å². The SMILES string of the molecule is COc1ccc(C)cc1NC(=O)C(C)Sc1nnc(NC(C)(C)C)s1. The number of thioether (sulfide) groups is 1. The zero-order chi connectivity index (χ0) is 18.6. The molecule has 0 radical (unpaired) electrons. The van der Waals surface area contributed by atoms with Crippen LogP contribution in [0.15, 0.2) is 22.5 Å². The number of rotatable bonds is 6. The van der Waals surface area contributed by atoms with Gasteiger partial charge in [-0.05, 0) is 52.3 Å². The maximum absolute atomic E-state index is 12.5. The van der Waals surface area contributed by atoms with Crippen LogP contribution < -0.4 is 15.4 Å². The maximum Gasteiger partial charge on any atom is 0.237 e. The van der Waals surface area contributed by atoms with E-state index in [1.165, 1.54) is 23.1 Å². The van der Waals surface area contributed by atoms with Gasteiger partial charge in [0.25, 0.3) is 0 Å². The van der Waals surface area contributed by atoms with Crippen molar-refractivity contribution in [3.8, 4) is 5.75 Å². The molecule has 0 aliphatic heterocycles. The molecule has 1 aromatic heterocycles. The average molecular weight is 381 g/mol. The summed E-state index contributed by atoms with van der Waals surface area (Å²) in [6, 6.07) is 5.68. The van der Waals surface area contributed by atoms with Gasteiger partial charge in [-0.15, -0.1) is 10.2 Å². The van der Waals surface area contributed by atoms with Gasteiger partial charge in [0, 0.05) is 5.54 Å². The zero-order valence-electron chi connectivity index (χ0n) is 15.3. The topological polar surface area (TPSA) is 76.1 Å². The number of carbonyl (C=O) groups excluding carboxylic acids is 1. The molecule has 1 amide bonds. The Kier molecular flexibility index (Phi) is 6.29. The number of amides is 1. The first kappa shape index (κ1) is 19.5. The number of benzene rings is 1. The molecule has 0 aliphatic rings. The van der Waals surface area contributed by atoms with Gasteiger partial charge in [0.15, 0.2) is 4.34 Å². The molecule has 0 aliphatic carbocycles. The number of nitrogens with zero attached hydrogens (tertiary/aromatic N) is 2. The minimum Gasteiger partial charge on any atom is -0.495 e. The molecule has 0 bridgehead atoms. The van der Waals surface area contributed by atoms with Gasteiger partial charge in [0.2, 0.25) is 11.0 Å². The molecule has 1 aromatic carbocycles. The van der Waals surface area contributed by atoms with Crippen molar-refractivity contribution in [1.29, 1.82) is 0 Å². The Labute approximate surface area is 156 Å². The number of ether oxygens (including phenoxy) is 1. The maximum atomic E-state index is 12.5. The second-order valence-electron chi connectivity index (χ2n) is 6.70. The van der Waals surface area contributed by atoms with Crippen LogP contribution in [0.2, 0.25) is 0 Å². The van der Waals surface area contributed by atoms with Crippen LogP contribution in [0.1, 0.15) is 33.3 Å². The van der Waals surface area contributed by atoms with Gasteiger partial charge < -0.3 is 15.4 Å². The summed E-state index contributed by atoms with van der Waals surface area (Å²) in [7, 11) is 1.59. The average Bonchev–Trinajstić information content (AvgIpc) is 2.92. The molecule has 2 aromatic rings. The van der Waals surface area contributed by atoms with Gasteiger partial charge in [0.05, 0.1) is 18.0 Å². The third kappa shape index (κ3) is 5.89. The van der Waals surface area contributed by atoms with Crippen LogP contribution in [-0.4, -0.2) is 34.0 Å². The number of carbonyl (C=O) groups is 1. The van der Waals surface area contributed by atoms with Crippen molar-refractivity contribution in [3.63, 3.8) is 0 Å². The molecule has 136 valence electrons. The lowest BCUT2D eigenvalue weighted by molar-refractivity contribution is -0.115. The van der Waals surface area contributed by atoms with Crippen molar-refractivity contribution in [1.82, 2.24) is 10.2 Å². The summed E-state index contributed by atoms with van der Waals surface area (Å²) in [4.78, 5) is 12.5. The third-order valence-electron chi connectivity index (χ3n) is 3.15. The van der Waals surface area contributed by atoms with Crippen LogP contribution in [0.3, 0.4) is 0 Å². The summed E-state index contributed by atoms with van der Waals surface area (Å²) in [5.74, 6) is 0.540. The van der Waals surface area contributed by atoms with Crippen LogP contribution in [0.25, 0.3) is 0 Å². The van der Waals surface area contributed by atoms with Crippen LogP contribution in [0.4, 0.5) is 10.8 Å². The first-order chi connectivity index (χ1) is 11.7. The monoisotopic (exact) mass is 380 g/mol. The first-order valence-corrected chi connectivity index (χ1v) is 9.61. The number of hydrogen-bond acceptors (Lipinski definition) is 7. The normalized spacial score (nSPS) is 12.6. The Balaban J connectivity index is 2.00. The smallest absolute Gasteiger partial charge is 0.237 e. The molecule has 0 fully saturated rings. The zero-order valence-corrected chi connectivity index (χ0v) is 17.0. The molecule has 1 heterocycles. The molecular weight excluding hydrogens is 356 g/mol. The van der Waals surface area contributed by atoms with E-state index in [1.54, 1.807) is 7.11 Å². The number of aryl methyl sites for hydroxylation is 1. The van der Waals surface area contributed by atoms with Crippen molar-refractivity contribution in [3.05, 3.63) is 23.8 Å². The fourth-order valence-electron chi connectivity index (χ4n) is 1.99. The number of hydrogen-bond donors (Lipinski definition) is 2. The van der Waals surface area contributed by atoms with E-state index < -0.39 is 0 Å². The Bertz CT molecular complexity index is 740. The Morgan fingerprint density at radius 1 is 1.32 bits per heavy atom. The fourth-order valence-corrected chi connectivity index (χ4v) is 4.09. The Morgan fingerprint density at radius 3 is 2.68 bits per heavy atom. The van der Waals surface area contributed by atoms with Gasteiger partial charge in [-0.1, -0.05) is 29.2 Å². The van der Waals surface area contributed by atoms with Crippen molar-refractivity contribution in [2.24, 2.45) is 0 Å². The Hall–Kier alpha value is -1.80. The molecular formula is C17H24N4O2S2. The highest BCUT2D eigenvalue weighted by molar-refractivity contribution is 8.02. The van der Waals surface area contributed by atoms with E-state index in [0.29, 0.717) is 11.4 Å². The van der Waals surface area contributed by atoms with Crippen molar-refractivity contribution < 1.29 is 9.53 Å². The molecule has 6 nitrogen and oxygen atoms in total. The van der Waals surface area contributed by atoms with Gasteiger partial charge in [-0.2, -0.15) is 0 Å². The molecule has 1 unspecified atom stereocenters. The third-order valence-corrected chi connectivity index (χ3v) is 5.17. The molecule has 0 saturated heterocycles. The minimum absolute atomic E-state index is 0.0772. The predicted octanol–water partition coefficient (Wildman–Crippen LogP) is 4.18. The van der Waals surface area contributed by atoms with Gasteiger partial charge >= 0.3 is 0 Å². The second kappa shape index (κ2) is 8.05. The quantitative estimate of drug-likeness (QED) is 0.732. The largest absolute Gasteiger partial charge is 0.495 e. The fraction of sp³-hybridized carbons (Fsp3) is 0.471. The van der Waals surface area contributed by atoms with Crippen LogP contribution >= 0.6 is 23.1 Å². The van der Waals surface area contributed by atoms with E-state index in [1.807, 2.05) is 32.0 Å². The summed E-state index contributed by atoms with van der Waals surface area (Å²) in [6.07, 6.45) is 0. The number of anilines is 2. The van der Waals surface area contributed by atoms with E-state index in [2.05, 4.69) is 41.6 Å². The van der Waals surface area contributed by atoms with E-state index in [-0.39, 0.29) is 16.7 Å². The predicted molar refractivity (Wildman–Crippen MR) is 105 cm³/mol. The number of nitrogens with one attached hydrogen (secondary N) is 2. The first-order valence-electron chi connectivity index (χ1n) is 7.92. The van der Waals surface area contributed by atoms with Crippen LogP contribution in [-0.2, 0) is 4.79 Å². The van der Waals surface area contributed by atoms with Crippen molar-refractivity contribution in [2.75, 3.05) is 17.7 Å². The highest BCUT2D eigenvalue weighted by Gasteiger charge is 2.20. The van der Waals surface area contributed by atoms with E-state index in [4.69, 9.17) is 4.74 Å². The Morgan fingerprint density at radius 2 is 2.04 bits per heavy atom. The van der Waals surface area contributed by atoms with E-state index in [0.717, 1.165) is 15.0 Å². The molecule has 25 heavy (non-hydrogen) atoms. The summed E-state index contributed by atoms with van der Waals surface area (Å²) in [5.41, 5.74) is 1.65. The molecule has 0 saturated carbocycles. The molecule has 8 heteroatoms. The summed E-state index contributed by atoms with van der Waals surface area (Å²) in [5, 5.41) is 14.9. The molecule has 1 atom stereocenters. The highest BCUT2D eigenvalue weighted by Crippen LogP contribution is 2.31. The highest BCUT2D eigenvalue weighted by atomic mass is 32.2. The summed E-state index contributed by atoms with van der Waals surface area (Å²) < 4.78 is 6.05. The minimum atomic E-state index is -0.305.